The maximum absolute atomic E-state index is 12.6. The molecular weight excluding hydrogens is 1270 g/mol. The van der Waals surface area contributed by atoms with Crippen molar-refractivity contribution in [2.45, 2.75) is 58.1 Å². The van der Waals surface area contributed by atoms with E-state index in [4.69, 9.17) is 9.47 Å². The average molecular weight is 1310 g/mol. The van der Waals surface area contributed by atoms with Crippen molar-refractivity contribution in [1.82, 2.24) is 14.4 Å². The zero-order valence-electron chi connectivity index (χ0n) is 43.0. The van der Waals surface area contributed by atoms with Crippen molar-refractivity contribution in [3.8, 4) is 23.4 Å². The summed E-state index contributed by atoms with van der Waals surface area (Å²) >= 11 is 1.51. The average Bonchev–Trinajstić information content (AvgIpc) is 1.53. The Morgan fingerprint density at radius 1 is 0.631 bits per heavy atom. The number of ether oxygens (including phenoxy) is 2. The molecule has 7 N–H and O–H groups in total. The summed E-state index contributed by atoms with van der Waals surface area (Å²) in [6.45, 7) is 4.06. The molecule has 0 saturated carbocycles. The van der Waals surface area contributed by atoms with Gasteiger partial charge in [-0.25, -0.2) is 9.97 Å². The van der Waals surface area contributed by atoms with Gasteiger partial charge in [-0.3, -0.25) is 31.7 Å². The highest BCUT2D eigenvalue weighted by Crippen LogP contribution is 2.46. The molecule has 5 aromatic carbocycles. The molecule has 8 aromatic rings. The van der Waals surface area contributed by atoms with Crippen molar-refractivity contribution < 1.29 is 92.4 Å². The Bertz CT molecular complexity index is 4970. The Morgan fingerprint density at radius 2 is 1.24 bits per heavy atom. The predicted octanol–water partition coefficient (Wildman–Crippen LogP) is 9.02. The van der Waals surface area contributed by atoms with Crippen LogP contribution < -0.4 is 9.47 Å². The highest BCUT2D eigenvalue weighted by atomic mass is 32.2. The highest BCUT2D eigenvalue weighted by Gasteiger charge is 2.29. The first-order valence-electron chi connectivity index (χ1n) is 23.1. The molecule has 3 aromatic heterocycles. The van der Waals surface area contributed by atoms with Gasteiger partial charge in [0, 0.05) is 33.4 Å². The van der Waals surface area contributed by atoms with Crippen LogP contribution in [0.25, 0.3) is 37.7 Å². The zero-order valence-corrected chi connectivity index (χ0v) is 49.6. The number of thioether (sulfide) groups is 1. The minimum atomic E-state index is -5.33. The van der Waals surface area contributed by atoms with Gasteiger partial charge >= 0.3 is 0 Å². The van der Waals surface area contributed by atoms with Gasteiger partial charge in [0.2, 0.25) is 11.0 Å². The molecule has 0 atom stereocenters. The van der Waals surface area contributed by atoms with Gasteiger partial charge in [0.15, 0.2) is 11.3 Å². The summed E-state index contributed by atoms with van der Waals surface area (Å²) < 4.78 is 216. The van der Waals surface area contributed by atoms with E-state index in [-0.39, 0.29) is 113 Å². The molecular formula is C45H40N10O21S8. The Kier molecular flexibility index (Phi) is 17.4. The smallest absolute Gasteiger partial charge is 0.296 e. The molecule has 0 aliphatic carbocycles. The van der Waals surface area contributed by atoms with Crippen LogP contribution in [-0.4, -0.2) is 128 Å². The normalized spacial score (nSPS) is 13.2. The summed E-state index contributed by atoms with van der Waals surface area (Å²) in [7, 11) is -28.0. The van der Waals surface area contributed by atoms with E-state index in [2.05, 4.69) is 40.7 Å². The first-order chi connectivity index (χ1) is 39.0. The van der Waals surface area contributed by atoms with Gasteiger partial charge in [0.1, 0.15) is 55.5 Å². The van der Waals surface area contributed by atoms with Gasteiger partial charge in [0.25, 0.3) is 60.7 Å². The fraction of sp³-hybridized carbons (Fsp3) is 0.222. The molecule has 84 heavy (non-hydrogen) atoms. The lowest BCUT2D eigenvalue weighted by Crippen LogP contribution is -2.08. The number of aryl methyl sites for hydroxylation is 2. The van der Waals surface area contributed by atoms with E-state index in [1.54, 1.807) is 6.92 Å². The molecule has 0 amide bonds. The number of nitrogens with zero attached hydrogens (tertiary/aromatic N) is 10. The third kappa shape index (κ3) is 13.8. The minimum absolute atomic E-state index is 0.0120. The molecule has 0 aliphatic heterocycles. The summed E-state index contributed by atoms with van der Waals surface area (Å²) in [6, 6.07) is 11.6. The second-order valence-electron chi connectivity index (χ2n) is 17.8. The van der Waals surface area contributed by atoms with Gasteiger partial charge in [-0.05, 0) is 93.0 Å². The van der Waals surface area contributed by atoms with Crippen LogP contribution in [0.1, 0.15) is 35.1 Å². The molecule has 444 valence electrons. The Morgan fingerprint density at radius 3 is 1.86 bits per heavy atom. The van der Waals surface area contributed by atoms with Gasteiger partial charge in [-0.2, -0.15) is 60.9 Å². The maximum Gasteiger partial charge on any atom is 0.296 e. The van der Waals surface area contributed by atoms with E-state index >= 15 is 0 Å². The van der Waals surface area contributed by atoms with Crippen LogP contribution in [0.4, 0.5) is 33.6 Å². The molecule has 3 heterocycles. The van der Waals surface area contributed by atoms with Crippen molar-refractivity contribution in [2.75, 3.05) is 31.0 Å². The third-order valence-electron chi connectivity index (χ3n) is 12.0. The Balaban J connectivity index is 1.21. The minimum Gasteiger partial charge on any atom is -0.494 e. The zero-order chi connectivity index (χ0) is 61.8. The van der Waals surface area contributed by atoms with Crippen molar-refractivity contribution in [3.05, 3.63) is 76.9 Å². The van der Waals surface area contributed by atoms with Crippen molar-refractivity contribution in [2.24, 2.45) is 30.7 Å². The number of hydrogen-bond donors (Lipinski definition) is 7. The number of imidazole rings is 1. The lowest BCUT2D eigenvalue weighted by atomic mass is 10.1. The van der Waals surface area contributed by atoms with Crippen LogP contribution >= 0.6 is 23.1 Å². The summed E-state index contributed by atoms with van der Waals surface area (Å²) in [4.78, 5) is 5.06. The summed E-state index contributed by atoms with van der Waals surface area (Å²) in [5, 5.41) is 46.2. The van der Waals surface area contributed by atoms with Gasteiger partial charge in [-0.1, -0.05) is 11.3 Å². The monoisotopic (exact) mass is 1310 g/mol. The second kappa shape index (κ2) is 23.3. The maximum atomic E-state index is 12.6. The number of nitriles is 1. The van der Waals surface area contributed by atoms with Crippen LogP contribution in [0.5, 0.6) is 17.4 Å². The summed E-state index contributed by atoms with van der Waals surface area (Å²) in [6.07, 6.45) is -0.322. The number of benzene rings is 5. The first-order valence-corrected chi connectivity index (χ1v) is 33.9. The van der Waals surface area contributed by atoms with Crippen LogP contribution in [0.3, 0.4) is 0 Å². The summed E-state index contributed by atoms with van der Waals surface area (Å²) in [5.74, 6) is -2.08. The topological polar surface area (TPSA) is 493 Å². The van der Waals surface area contributed by atoms with E-state index in [9.17, 15) is 88.2 Å². The van der Waals surface area contributed by atoms with Crippen molar-refractivity contribution in [1.29, 1.82) is 5.26 Å². The lowest BCUT2D eigenvalue weighted by Gasteiger charge is -2.12. The fourth-order valence-corrected chi connectivity index (χ4v) is 14.0. The number of thiazole rings is 1. The lowest BCUT2D eigenvalue weighted by molar-refractivity contribution is 0.317. The van der Waals surface area contributed by atoms with Crippen LogP contribution in [0, 0.1) is 32.1 Å². The number of pyridine rings is 1. The predicted molar refractivity (Wildman–Crippen MR) is 300 cm³/mol. The number of rotatable bonds is 21. The van der Waals surface area contributed by atoms with Crippen molar-refractivity contribution in [3.63, 3.8) is 0 Å². The van der Waals surface area contributed by atoms with Crippen molar-refractivity contribution >= 4 is 155 Å². The van der Waals surface area contributed by atoms with Gasteiger partial charge in [-0.15, -0.1) is 37.3 Å². The largest absolute Gasteiger partial charge is 0.494 e. The van der Waals surface area contributed by atoms with E-state index < -0.39 is 114 Å². The number of methoxy groups -OCH3 is 1. The van der Waals surface area contributed by atoms with Gasteiger partial charge < -0.3 is 14.6 Å². The van der Waals surface area contributed by atoms with E-state index in [1.165, 1.54) is 51.3 Å². The van der Waals surface area contributed by atoms with E-state index in [0.717, 1.165) is 28.3 Å². The molecule has 39 heteroatoms. The molecule has 0 bridgehead atoms. The van der Waals surface area contributed by atoms with Crippen LogP contribution in [0.2, 0.25) is 0 Å². The van der Waals surface area contributed by atoms with Gasteiger partial charge in [0.05, 0.1) is 56.4 Å². The molecule has 0 spiro atoms. The van der Waals surface area contributed by atoms with E-state index in [1.807, 2.05) is 6.07 Å². The first kappa shape index (κ1) is 62.7. The third-order valence-corrected chi connectivity index (χ3v) is 19.3. The molecule has 0 unspecified atom stereocenters. The number of azo groups is 3. The van der Waals surface area contributed by atoms with Crippen LogP contribution in [-0.2, 0) is 60.7 Å². The molecule has 0 aliphatic rings. The highest BCUT2D eigenvalue weighted by molar-refractivity contribution is 7.99. The quantitative estimate of drug-likeness (QED) is 0.0153. The SMILES string of the molecule is COc1cc(N=Nc2cc(OCCCS(=O)(=O)O)c(N=Nc3c(C)c(C#N)c4nc5cc(S(=O)(=O)O)c(C)cc5n4c3O)cc2C)c(SCCCS(=O)(=O)O)cc1N=Nc1nc2c(S(=O)(=O)O)cc3c(S(=O)(=O)O)cc(S(=O)(=O)O)cc3c2s1. The number of aromatic nitrogens is 3. The molecule has 0 radical (unpaired) electrons. The fourth-order valence-electron chi connectivity index (χ4n) is 8.17. The van der Waals surface area contributed by atoms with E-state index in [0.29, 0.717) is 29.0 Å². The number of aromatic hydroxyl groups is 1. The number of fused-ring (bicyclic) bond motifs is 6. The van der Waals surface area contributed by atoms with Crippen LogP contribution in [0.15, 0.2) is 110 Å². The molecule has 31 nitrogen and oxygen atoms in total. The second-order valence-corrected chi connectivity index (χ2v) is 28.7. The Labute approximate surface area is 484 Å². The Hall–Kier alpha value is -7.30. The standard InChI is InChI=1S/C45H40N10O21S8/c1-21-11-30(50-53-40-23(3)27(20-46)43-47-29-19-37(82(66,67)68)22(2)12-33(29)55(43)44(40)56)35(76-7-5-9-79(57,58)59)16-28(21)49-52-32-17-34(75-4)31(18-36(32)77-8-6-10-80(60,61)62)51-54-45-48-41-39(84(72,73)74)15-25-26(42(41)78-45)13-24(81(63,64)65)14-38(25)83(69,70)71/h11-19,56H,5-10H2,1-4H3,(H,57,58,59)(H,60,61,62)(H,63,64,65)(H,66,67,68)(H,69,70,71)(H,72,73,74). The molecule has 0 fully saturated rings. The molecule has 8 rings (SSSR count). The molecule has 0 saturated heterocycles. The summed E-state index contributed by atoms with van der Waals surface area (Å²) in [5.41, 5.74) is -0.381. The number of hydrogen-bond acceptors (Lipinski definition) is 26.